The Balaban J connectivity index is 1.53. The Kier molecular flexibility index (Phi) is 5.66. The molecule has 2 aromatic rings. The topological polar surface area (TPSA) is 52.6 Å². The first-order valence-corrected chi connectivity index (χ1v) is 9.39. The number of nitrogens with one attached hydrogen (secondary N) is 1. The molecule has 5 heteroatoms. The number of rotatable bonds is 7. The molecule has 0 radical (unpaired) electrons. The first-order chi connectivity index (χ1) is 11.7. The van der Waals surface area contributed by atoms with Crippen molar-refractivity contribution in [1.29, 1.82) is 0 Å². The highest BCUT2D eigenvalue weighted by Gasteiger charge is 2.41. The molecule has 1 aliphatic heterocycles. The second-order valence-corrected chi connectivity index (χ2v) is 7.18. The fraction of sp³-hybridized carbons (Fsp3) is 0.421. The summed E-state index contributed by atoms with van der Waals surface area (Å²) in [5.74, 6) is -0.137. The third kappa shape index (κ3) is 4.23. The van der Waals surface area contributed by atoms with Crippen LogP contribution in [0.15, 0.2) is 47.2 Å². The number of hydrogen-bond acceptors (Lipinski definition) is 4. The summed E-state index contributed by atoms with van der Waals surface area (Å²) in [6, 6.07) is 12.2. The van der Waals surface area contributed by atoms with Crippen LogP contribution < -0.4 is 5.32 Å². The summed E-state index contributed by atoms with van der Waals surface area (Å²) < 4.78 is 0. The van der Waals surface area contributed by atoms with Crippen molar-refractivity contribution in [3.8, 4) is 0 Å². The summed E-state index contributed by atoms with van der Waals surface area (Å²) in [5, 5.41) is 18.1. The average Bonchev–Trinajstić information content (AvgIpc) is 3.11. The first-order valence-electron chi connectivity index (χ1n) is 8.45. The first kappa shape index (κ1) is 17.1. The van der Waals surface area contributed by atoms with Crippen molar-refractivity contribution in [1.82, 2.24) is 10.2 Å². The molecule has 0 bridgehead atoms. The second-order valence-electron chi connectivity index (χ2n) is 6.40. The van der Waals surface area contributed by atoms with Gasteiger partial charge in [-0.1, -0.05) is 30.3 Å². The molecule has 1 aromatic carbocycles. The molecule has 4 nitrogen and oxygen atoms in total. The van der Waals surface area contributed by atoms with Crippen LogP contribution in [0.2, 0.25) is 0 Å². The lowest BCUT2D eigenvalue weighted by molar-refractivity contribution is -0.156. The van der Waals surface area contributed by atoms with Gasteiger partial charge in [0.1, 0.15) is 0 Å². The van der Waals surface area contributed by atoms with Gasteiger partial charge in [0.2, 0.25) is 0 Å². The maximum absolute atomic E-state index is 12.7. The van der Waals surface area contributed by atoms with Gasteiger partial charge in [0.15, 0.2) is 5.60 Å². The number of piperidine rings is 1. The molecule has 1 amide bonds. The van der Waals surface area contributed by atoms with Crippen LogP contribution in [0.4, 0.5) is 0 Å². The number of benzene rings is 1. The molecule has 0 aliphatic carbocycles. The Labute approximate surface area is 147 Å². The summed E-state index contributed by atoms with van der Waals surface area (Å²) in [5.41, 5.74) is 1.13. The number of aliphatic hydroxyl groups is 1. The third-order valence-corrected chi connectivity index (χ3v) is 5.28. The number of carbonyl (C=O) groups excluding carboxylic acids is 1. The van der Waals surface area contributed by atoms with Gasteiger partial charge in [-0.15, -0.1) is 0 Å². The van der Waals surface area contributed by atoms with Crippen LogP contribution in [0.25, 0.3) is 0 Å². The molecule has 1 atom stereocenters. The molecule has 1 unspecified atom stereocenters. The molecule has 1 saturated heterocycles. The molecular weight excluding hydrogens is 320 g/mol. The zero-order valence-corrected chi connectivity index (χ0v) is 14.6. The minimum atomic E-state index is -1.27. The minimum Gasteiger partial charge on any atom is -0.379 e. The van der Waals surface area contributed by atoms with E-state index in [1.807, 2.05) is 28.5 Å². The van der Waals surface area contributed by atoms with Crippen molar-refractivity contribution in [2.75, 3.05) is 19.6 Å². The molecule has 24 heavy (non-hydrogen) atoms. The lowest BCUT2D eigenvalue weighted by atomic mass is 9.91. The molecule has 2 N–H and O–H groups in total. The van der Waals surface area contributed by atoms with E-state index in [1.54, 1.807) is 11.3 Å². The number of likely N-dealkylation sites (tertiary alicyclic amines) is 1. The predicted octanol–water partition coefficient (Wildman–Crippen LogP) is 2.43. The molecule has 1 fully saturated rings. The average molecular weight is 344 g/mol. The van der Waals surface area contributed by atoms with Gasteiger partial charge in [-0.2, -0.15) is 11.3 Å². The van der Waals surface area contributed by atoms with Crippen LogP contribution >= 0.6 is 11.3 Å². The largest absolute Gasteiger partial charge is 0.379 e. The van der Waals surface area contributed by atoms with E-state index in [0.29, 0.717) is 26.1 Å². The highest BCUT2D eigenvalue weighted by atomic mass is 32.1. The van der Waals surface area contributed by atoms with Gasteiger partial charge in [0, 0.05) is 26.2 Å². The van der Waals surface area contributed by atoms with Crippen LogP contribution in [-0.4, -0.2) is 41.1 Å². The lowest BCUT2D eigenvalue weighted by Gasteiger charge is -2.38. The monoisotopic (exact) mass is 344 g/mol. The summed E-state index contributed by atoms with van der Waals surface area (Å²) >= 11 is 1.65. The van der Waals surface area contributed by atoms with Crippen LogP contribution in [0.5, 0.6) is 0 Å². The molecule has 1 aromatic heterocycles. The van der Waals surface area contributed by atoms with Crippen molar-refractivity contribution in [2.24, 2.45) is 0 Å². The Bertz CT molecular complexity index is 645. The number of amides is 1. The smallest absolute Gasteiger partial charge is 0.255 e. The van der Waals surface area contributed by atoms with Crippen molar-refractivity contribution in [3.63, 3.8) is 0 Å². The second kappa shape index (κ2) is 7.92. The predicted molar refractivity (Wildman–Crippen MR) is 96.9 cm³/mol. The van der Waals surface area contributed by atoms with E-state index in [2.05, 4.69) is 28.9 Å². The van der Waals surface area contributed by atoms with E-state index in [1.165, 1.54) is 11.1 Å². The van der Waals surface area contributed by atoms with Gasteiger partial charge in [-0.25, -0.2) is 0 Å². The van der Waals surface area contributed by atoms with Gasteiger partial charge in [-0.05, 0) is 47.2 Å². The molecule has 128 valence electrons. The Hall–Kier alpha value is -1.69. The van der Waals surface area contributed by atoms with E-state index in [-0.39, 0.29) is 5.91 Å². The number of carbonyl (C=O) groups is 1. The van der Waals surface area contributed by atoms with Gasteiger partial charge in [-0.3, -0.25) is 4.79 Å². The molecule has 2 heterocycles. The molecule has 0 saturated carbocycles. The SMILES string of the molecule is O=C1N(CCc2ccccc2)CCCC1(O)CNCc1ccsc1. The zero-order valence-electron chi connectivity index (χ0n) is 13.8. The van der Waals surface area contributed by atoms with E-state index in [0.717, 1.165) is 19.4 Å². The van der Waals surface area contributed by atoms with Crippen LogP contribution in [-0.2, 0) is 17.8 Å². The van der Waals surface area contributed by atoms with Crippen molar-refractivity contribution < 1.29 is 9.90 Å². The quantitative estimate of drug-likeness (QED) is 0.811. The minimum absolute atomic E-state index is 0.137. The summed E-state index contributed by atoms with van der Waals surface area (Å²) in [6.07, 6.45) is 2.20. The Morgan fingerprint density at radius 2 is 2.04 bits per heavy atom. The van der Waals surface area contributed by atoms with E-state index in [9.17, 15) is 9.90 Å². The van der Waals surface area contributed by atoms with Gasteiger partial charge in [0.25, 0.3) is 5.91 Å². The van der Waals surface area contributed by atoms with Gasteiger partial charge < -0.3 is 15.3 Å². The maximum Gasteiger partial charge on any atom is 0.255 e. The Morgan fingerprint density at radius 3 is 2.79 bits per heavy atom. The van der Waals surface area contributed by atoms with Crippen LogP contribution in [0, 0.1) is 0 Å². The van der Waals surface area contributed by atoms with Gasteiger partial charge >= 0.3 is 0 Å². The summed E-state index contributed by atoms with van der Waals surface area (Å²) in [6.45, 7) is 2.39. The van der Waals surface area contributed by atoms with E-state index in [4.69, 9.17) is 0 Å². The highest BCUT2D eigenvalue weighted by Crippen LogP contribution is 2.22. The lowest BCUT2D eigenvalue weighted by Crippen LogP contribution is -2.58. The normalized spacial score (nSPS) is 21.2. The number of thiophene rings is 1. The van der Waals surface area contributed by atoms with Crippen LogP contribution in [0.3, 0.4) is 0 Å². The summed E-state index contributed by atoms with van der Waals surface area (Å²) in [4.78, 5) is 14.5. The molecule has 0 spiro atoms. The molecular formula is C19H24N2O2S. The highest BCUT2D eigenvalue weighted by molar-refractivity contribution is 7.07. The van der Waals surface area contributed by atoms with Crippen molar-refractivity contribution >= 4 is 17.2 Å². The maximum atomic E-state index is 12.7. The standard InChI is InChI=1S/C19H24N2O2S/c22-18-19(23,15-20-13-17-8-12-24-14-17)9-4-10-21(18)11-7-16-5-2-1-3-6-16/h1-3,5-6,8,12,14,20,23H,4,7,9-11,13,15H2. The fourth-order valence-electron chi connectivity index (χ4n) is 3.16. The van der Waals surface area contributed by atoms with Crippen molar-refractivity contribution in [2.45, 2.75) is 31.4 Å². The molecule has 3 rings (SSSR count). The molecule has 1 aliphatic rings. The Morgan fingerprint density at radius 1 is 1.21 bits per heavy atom. The number of hydrogen-bond donors (Lipinski definition) is 2. The zero-order chi connectivity index (χ0) is 16.8. The van der Waals surface area contributed by atoms with E-state index >= 15 is 0 Å². The number of nitrogens with zero attached hydrogens (tertiary/aromatic N) is 1. The fourth-order valence-corrected chi connectivity index (χ4v) is 3.83. The van der Waals surface area contributed by atoms with Crippen LogP contribution in [0.1, 0.15) is 24.0 Å². The third-order valence-electron chi connectivity index (χ3n) is 4.54. The van der Waals surface area contributed by atoms with Crippen molar-refractivity contribution in [3.05, 3.63) is 58.3 Å². The van der Waals surface area contributed by atoms with Gasteiger partial charge in [0.05, 0.1) is 0 Å². The van der Waals surface area contributed by atoms with E-state index < -0.39 is 5.60 Å². The summed E-state index contributed by atoms with van der Waals surface area (Å²) in [7, 11) is 0.